The van der Waals surface area contributed by atoms with Crippen molar-refractivity contribution in [1.82, 2.24) is 0 Å². The van der Waals surface area contributed by atoms with E-state index in [1.54, 1.807) is 7.11 Å². The van der Waals surface area contributed by atoms with Crippen LogP contribution in [0.15, 0.2) is 24.3 Å². The SMILES string of the molecule is COCCC(CN)COc1cccc(C(F)(F)F)c1. The molecule has 1 aromatic carbocycles. The third-order valence-electron chi connectivity index (χ3n) is 2.71. The number of halogens is 3. The van der Waals surface area contributed by atoms with Gasteiger partial charge in [-0.2, -0.15) is 13.2 Å². The van der Waals surface area contributed by atoms with Crippen LogP contribution in [0.25, 0.3) is 0 Å². The molecule has 0 aliphatic carbocycles. The van der Waals surface area contributed by atoms with Crippen LogP contribution in [-0.4, -0.2) is 26.9 Å². The van der Waals surface area contributed by atoms with Crippen molar-refractivity contribution in [2.24, 2.45) is 11.7 Å². The number of hydrogen-bond donors (Lipinski definition) is 1. The van der Waals surface area contributed by atoms with Gasteiger partial charge in [0.1, 0.15) is 5.75 Å². The maximum Gasteiger partial charge on any atom is 0.416 e. The maximum absolute atomic E-state index is 12.5. The van der Waals surface area contributed by atoms with E-state index in [1.807, 2.05) is 0 Å². The molecule has 0 amide bonds. The molecular weight excluding hydrogens is 259 g/mol. The van der Waals surface area contributed by atoms with E-state index in [1.165, 1.54) is 12.1 Å². The Labute approximate surface area is 110 Å². The van der Waals surface area contributed by atoms with Gasteiger partial charge in [-0.3, -0.25) is 0 Å². The van der Waals surface area contributed by atoms with E-state index in [0.29, 0.717) is 19.6 Å². The van der Waals surface area contributed by atoms with Crippen LogP contribution in [0.4, 0.5) is 13.2 Å². The fourth-order valence-corrected chi connectivity index (χ4v) is 1.53. The van der Waals surface area contributed by atoms with Crippen LogP contribution in [0.1, 0.15) is 12.0 Å². The average Bonchev–Trinajstić information content (AvgIpc) is 2.38. The summed E-state index contributed by atoms with van der Waals surface area (Å²) in [5.74, 6) is 0.264. The normalized spacial score (nSPS) is 13.3. The molecule has 6 heteroatoms. The van der Waals surface area contributed by atoms with Crippen molar-refractivity contribution < 1.29 is 22.6 Å². The highest BCUT2D eigenvalue weighted by Crippen LogP contribution is 2.31. The molecular formula is C13H18F3NO2. The average molecular weight is 277 g/mol. The van der Waals surface area contributed by atoms with E-state index >= 15 is 0 Å². The Kier molecular flexibility index (Phi) is 6.11. The number of alkyl halides is 3. The van der Waals surface area contributed by atoms with Gasteiger partial charge in [-0.25, -0.2) is 0 Å². The van der Waals surface area contributed by atoms with Crippen LogP contribution in [0, 0.1) is 5.92 Å². The van der Waals surface area contributed by atoms with Crippen LogP contribution in [0.2, 0.25) is 0 Å². The van der Waals surface area contributed by atoms with Crippen LogP contribution >= 0.6 is 0 Å². The molecule has 108 valence electrons. The zero-order valence-electron chi connectivity index (χ0n) is 10.7. The number of methoxy groups -OCH3 is 1. The minimum absolute atomic E-state index is 0.0643. The summed E-state index contributed by atoms with van der Waals surface area (Å²) in [7, 11) is 1.58. The van der Waals surface area contributed by atoms with Crippen molar-refractivity contribution in [3.05, 3.63) is 29.8 Å². The molecule has 1 aromatic rings. The van der Waals surface area contributed by atoms with E-state index in [-0.39, 0.29) is 18.3 Å². The second-order valence-electron chi connectivity index (χ2n) is 4.22. The van der Waals surface area contributed by atoms with Gasteiger partial charge in [-0.15, -0.1) is 0 Å². The lowest BCUT2D eigenvalue weighted by atomic mass is 10.1. The van der Waals surface area contributed by atoms with Crippen LogP contribution < -0.4 is 10.5 Å². The standard InChI is InChI=1S/C13H18F3NO2/c1-18-6-5-10(8-17)9-19-12-4-2-3-11(7-12)13(14,15)16/h2-4,7,10H,5-6,8-9,17H2,1H3. The largest absolute Gasteiger partial charge is 0.493 e. The quantitative estimate of drug-likeness (QED) is 0.833. The molecule has 0 aliphatic heterocycles. The van der Waals surface area contributed by atoms with Crippen LogP contribution in [0.3, 0.4) is 0 Å². The lowest BCUT2D eigenvalue weighted by Crippen LogP contribution is -2.23. The Balaban J connectivity index is 2.57. The van der Waals surface area contributed by atoms with Gasteiger partial charge >= 0.3 is 6.18 Å². The van der Waals surface area contributed by atoms with Gasteiger partial charge in [-0.05, 0) is 31.2 Å². The number of ether oxygens (including phenoxy) is 2. The monoisotopic (exact) mass is 277 g/mol. The van der Waals surface area contributed by atoms with Gasteiger partial charge in [0.25, 0.3) is 0 Å². The lowest BCUT2D eigenvalue weighted by molar-refractivity contribution is -0.137. The van der Waals surface area contributed by atoms with Crippen LogP contribution in [0.5, 0.6) is 5.75 Å². The molecule has 0 saturated carbocycles. The second-order valence-corrected chi connectivity index (χ2v) is 4.22. The van der Waals surface area contributed by atoms with E-state index in [9.17, 15) is 13.2 Å². The Bertz CT molecular complexity index is 382. The summed E-state index contributed by atoms with van der Waals surface area (Å²) in [6.45, 7) is 1.23. The molecule has 0 spiro atoms. The summed E-state index contributed by atoms with van der Waals surface area (Å²) >= 11 is 0. The molecule has 0 radical (unpaired) electrons. The predicted molar refractivity (Wildman–Crippen MR) is 66.0 cm³/mol. The third kappa shape index (κ3) is 5.48. The van der Waals surface area contributed by atoms with E-state index < -0.39 is 11.7 Å². The van der Waals surface area contributed by atoms with Crippen molar-refractivity contribution in [2.75, 3.05) is 26.9 Å². The molecule has 0 heterocycles. The lowest BCUT2D eigenvalue weighted by Gasteiger charge is -2.16. The first kappa shape index (κ1) is 15.8. The van der Waals surface area contributed by atoms with Gasteiger partial charge in [-0.1, -0.05) is 6.07 Å². The Hall–Kier alpha value is -1.27. The first-order valence-electron chi connectivity index (χ1n) is 5.96. The summed E-state index contributed by atoms with van der Waals surface area (Å²) in [6, 6.07) is 4.83. The highest BCUT2D eigenvalue weighted by atomic mass is 19.4. The van der Waals surface area contributed by atoms with Gasteiger partial charge < -0.3 is 15.2 Å². The topological polar surface area (TPSA) is 44.5 Å². The molecule has 1 rings (SSSR count). The van der Waals surface area contributed by atoms with E-state index in [0.717, 1.165) is 12.1 Å². The fraction of sp³-hybridized carbons (Fsp3) is 0.538. The minimum Gasteiger partial charge on any atom is -0.493 e. The van der Waals surface area contributed by atoms with Gasteiger partial charge in [0, 0.05) is 19.6 Å². The Morgan fingerprint density at radius 3 is 2.63 bits per heavy atom. The highest BCUT2D eigenvalue weighted by Gasteiger charge is 2.30. The van der Waals surface area contributed by atoms with E-state index in [2.05, 4.69) is 0 Å². The molecule has 0 aromatic heterocycles. The van der Waals surface area contributed by atoms with Gasteiger partial charge in [0.2, 0.25) is 0 Å². The zero-order chi connectivity index (χ0) is 14.3. The van der Waals surface area contributed by atoms with Gasteiger partial charge in [0.15, 0.2) is 0 Å². The van der Waals surface area contributed by atoms with Crippen molar-refractivity contribution in [2.45, 2.75) is 12.6 Å². The van der Waals surface area contributed by atoms with Crippen molar-refractivity contribution in [1.29, 1.82) is 0 Å². The maximum atomic E-state index is 12.5. The molecule has 2 N–H and O–H groups in total. The molecule has 1 unspecified atom stereocenters. The van der Waals surface area contributed by atoms with E-state index in [4.69, 9.17) is 15.2 Å². The molecule has 3 nitrogen and oxygen atoms in total. The molecule has 0 aliphatic rings. The molecule has 19 heavy (non-hydrogen) atoms. The minimum atomic E-state index is -4.36. The van der Waals surface area contributed by atoms with Gasteiger partial charge in [0.05, 0.1) is 12.2 Å². The molecule has 1 atom stereocenters. The summed E-state index contributed by atoms with van der Waals surface area (Å²) in [6.07, 6.45) is -3.64. The number of nitrogens with two attached hydrogens (primary N) is 1. The Morgan fingerprint density at radius 2 is 2.05 bits per heavy atom. The number of benzene rings is 1. The predicted octanol–water partition coefficient (Wildman–Crippen LogP) is 2.70. The summed E-state index contributed by atoms with van der Waals surface area (Å²) in [4.78, 5) is 0. The van der Waals surface area contributed by atoms with Crippen molar-refractivity contribution in [3.8, 4) is 5.75 Å². The smallest absolute Gasteiger partial charge is 0.416 e. The number of rotatable bonds is 7. The van der Waals surface area contributed by atoms with Crippen molar-refractivity contribution in [3.63, 3.8) is 0 Å². The van der Waals surface area contributed by atoms with Crippen LogP contribution in [-0.2, 0) is 10.9 Å². The first-order chi connectivity index (χ1) is 8.97. The number of hydrogen-bond acceptors (Lipinski definition) is 3. The summed E-state index contributed by atoms with van der Waals surface area (Å²) in [5, 5.41) is 0. The molecule has 0 bridgehead atoms. The fourth-order valence-electron chi connectivity index (χ4n) is 1.53. The van der Waals surface area contributed by atoms with Crippen molar-refractivity contribution >= 4 is 0 Å². The highest BCUT2D eigenvalue weighted by molar-refractivity contribution is 5.30. The second kappa shape index (κ2) is 7.35. The Morgan fingerprint density at radius 1 is 1.32 bits per heavy atom. The third-order valence-corrected chi connectivity index (χ3v) is 2.71. The summed E-state index contributed by atoms with van der Waals surface area (Å²) in [5.41, 5.74) is 4.84. The molecule has 0 saturated heterocycles. The summed E-state index contributed by atoms with van der Waals surface area (Å²) < 4.78 is 47.8. The first-order valence-corrected chi connectivity index (χ1v) is 5.96. The zero-order valence-corrected chi connectivity index (χ0v) is 10.7. The molecule has 0 fully saturated rings.